The Morgan fingerprint density at radius 2 is 2.00 bits per heavy atom. The molecule has 1 aromatic rings. The molecule has 0 aliphatic carbocycles. The molecule has 0 fully saturated rings. The molecule has 1 atom stereocenters. The molecule has 0 aliphatic heterocycles. The van der Waals surface area contributed by atoms with Crippen LogP contribution in [0.1, 0.15) is 27.7 Å². The van der Waals surface area contributed by atoms with Crippen molar-refractivity contribution in [2.75, 3.05) is 6.61 Å². The van der Waals surface area contributed by atoms with Crippen molar-refractivity contribution in [3.05, 3.63) is 30.1 Å². The smallest absolute Gasteiger partial charge is 0.217 e. The molecule has 0 aromatic heterocycles. The minimum absolute atomic E-state index is 0.118. The standard InChI is InChI=1S/C14H20FNO2/c1-10(17)16-13(14(2,3)4)9-18-12-8-6-5-7-11(12)15/h5-8,13H,9H2,1-4H3,(H,16,17)/t13-/m1/s1. The number of hydrogen-bond acceptors (Lipinski definition) is 2. The van der Waals surface area contributed by atoms with Crippen LogP contribution in [0, 0.1) is 11.2 Å². The average molecular weight is 253 g/mol. The van der Waals surface area contributed by atoms with Crippen molar-refractivity contribution in [1.29, 1.82) is 0 Å². The lowest BCUT2D eigenvalue weighted by Gasteiger charge is -2.31. The summed E-state index contributed by atoms with van der Waals surface area (Å²) in [5, 5.41) is 2.82. The van der Waals surface area contributed by atoms with Crippen LogP contribution in [0.15, 0.2) is 24.3 Å². The first-order valence-corrected chi connectivity index (χ1v) is 5.95. The van der Waals surface area contributed by atoms with Crippen LogP contribution in [-0.4, -0.2) is 18.6 Å². The second-order valence-electron chi connectivity index (χ2n) is 5.36. The number of carbonyl (C=O) groups is 1. The molecule has 18 heavy (non-hydrogen) atoms. The summed E-state index contributed by atoms with van der Waals surface area (Å²) in [6.45, 7) is 7.70. The van der Waals surface area contributed by atoms with Crippen molar-refractivity contribution in [3.8, 4) is 5.75 Å². The summed E-state index contributed by atoms with van der Waals surface area (Å²) in [7, 11) is 0. The molecule has 0 radical (unpaired) electrons. The van der Waals surface area contributed by atoms with Crippen molar-refractivity contribution >= 4 is 5.91 Å². The van der Waals surface area contributed by atoms with Gasteiger partial charge in [0, 0.05) is 6.92 Å². The molecule has 0 heterocycles. The van der Waals surface area contributed by atoms with Crippen LogP contribution in [0.2, 0.25) is 0 Å². The monoisotopic (exact) mass is 253 g/mol. The van der Waals surface area contributed by atoms with E-state index < -0.39 is 5.82 Å². The number of rotatable bonds is 4. The van der Waals surface area contributed by atoms with Crippen LogP contribution in [0.3, 0.4) is 0 Å². The minimum atomic E-state index is -0.395. The van der Waals surface area contributed by atoms with Gasteiger partial charge in [-0.05, 0) is 17.5 Å². The predicted molar refractivity (Wildman–Crippen MR) is 69.0 cm³/mol. The highest BCUT2D eigenvalue weighted by molar-refractivity contribution is 5.73. The first-order chi connectivity index (χ1) is 8.30. The second-order valence-corrected chi connectivity index (χ2v) is 5.36. The van der Waals surface area contributed by atoms with E-state index in [0.29, 0.717) is 0 Å². The zero-order chi connectivity index (χ0) is 13.8. The van der Waals surface area contributed by atoms with Gasteiger partial charge >= 0.3 is 0 Å². The summed E-state index contributed by atoms with van der Waals surface area (Å²) in [4.78, 5) is 11.1. The van der Waals surface area contributed by atoms with Gasteiger partial charge in [0.2, 0.25) is 5.91 Å². The maximum Gasteiger partial charge on any atom is 0.217 e. The van der Waals surface area contributed by atoms with E-state index in [1.54, 1.807) is 18.2 Å². The van der Waals surface area contributed by atoms with E-state index >= 15 is 0 Å². The zero-order valence-electron chi connectivity index (χ0n) is 11.3. The molecular weight excluding hydrogens is 233 g/mol. The van der Waals surface area contributed by atoms with Crippen LogP contribution in [-0.2, 0) is 4.79 Å². The highest BCUT2D eigenvalue weighted by Gasteiger charge is 2.26. The Labute approximate surface area is 107 Å². The quantitative estimate of drug-likeness (QED) is 0.896. The second kappa shape index (κ2) is 5.85. The number of benzene rings is 1. The van der Waals surface area contributed by atoms with E-state index in [9.17, 15) is 9.18 Å². The van der Waals surface area contributed by atoms with E-state index in [1.807, 2.05) is 20.8 Å². The van der Waals surface area contributed by atoms with Crippen molar-refractivity contribution in [2.24, 2.45) is 5.41 Å². The molecule has 0 saturated carbocycles. The lowest BCUT2D eigenvalue weighted by atomic mass is 9.87. The lowest BCUT2D eigenvalue weighted by Crippen LogP contribution is -2.46. The van der Waals surface area contributed by atoms with Crippen molar-refractivity contribution < 1.29 is 13.9 Å². The van der Waals surface area contributed by atoms with Gasteiger partial charge in [-0.1, -0.05) is 32.9 Å². The minimum Gasteiger partial charge on any atom is -0.488 e. The molecule has 1 amide bonds. The molecular formula is C14H20FNO2. The van der Waals surface area contributed by atoms with Gasteiger partial charge in [-0.15, -0.1) is 0 Å². The molecule has 1 N–H and O–H groups in total. The van der Waals surface area contributed by atoms with Gasteiger partial charge in [-0.3, -0.25) is 4.79 Å². The summed E-state index contributed by atoms with van der Waals surface area (Å²) in [6, 6.07) is 6.07. The number of para-hydroxylation sites is 1. The molecule has 0 aliphatic rings. The van der Waals surface area contributed by atoms with E-state index in [0.717, 1.165) is 0 Å². The zero-order valence-corrected chi connectivity index (χ0v) is 11.3. The maximum absolute atomic E-state index is 13.4. The Bertz CT molecular complexity index is 413. The van der Waals surface area contributed by atoms with Gasteiger partial charge < -0.3 is 10.1 Å². The predicted octanol–water partition coefficient (Wildman–Crippen LogP) is 2.76. The van der Waals surface area contributed by atoms with Crippen LogP contribution in [0.25, 0.3) is 0 Å². The fraction of sp³-hybridized carbons (Fsp3) is 0.500. The van der Waals surface area contributed by atoms with Crippen molar-refractivity contribution in [3.63, 3.8) is 0 Å². The van der Waals surface area contributed by atoms with Gasteiger partial charge in [0.25, 0.3) is 0 Å². The highest BCUT2D eigenvalue weighted by atomic mass is 19.1. The Hall–Kier alpha value is -1.58. The third-order valence-corrected chi connectivity index (χ3v) is 2.67. The van der Waals surface area contributed by atoms with Gasteiger partial charge in [0.05, 0.1) is 6.04 Å². The molecule has 0 spiro atoms. The topological polar surface area (TPSA) is 38.3 Å². The van der Waals surface area contributed by atoms with Gasteiger partial charge in [-0.25, -0.2) is 4.39 Å². The van der Waals surface area contributed by atoms with E-state index in [2.05, 4.69) is 5.32 Å². The molecule has 0 unspecified atom stereocenters. The molecule has 0 saturated heterocycles. The van der Waals surface area contributed by atoms with Crippen LogP contribution in [0.5, 0.6) is 5.75 Å². The maximum atomic E-state index is 13.4. The summed E-state index contributed by atoms with van der Waals surface area (Å²) in [6.07, 6.45) is 0. The number of halogens is 1. The van der Waals surface area contributed by atoms with Gasteiger partial charge in [0.15, 0.2) is 11.6 Å². The lowest BCUT2D eigenvalue weighted by molar-refractivity contribution is -0.120. The SMILES string of the molecule is CC(=O)N[C@H](COc1ccccc1F)C(C)(C)C. The average Bonchev–Trinajstić information content (AvgIpc) is 2.24. The molecule has 4 heteroatoms. The molecule has 1 rings (SSSR count). The molecule has 100 valence electrons. The van der Waals surface area contributed by atoms with Crippen molar-refractivity contribution in [1.82, 2.24) is 5.32 Å². The number of amides is 1. The van der Waals surface area contributed by atoms with E-state index in [-0.39, 0.29) is 29.7 Å². The van der Waals surface area contributed by atoms with E-state index in [1.165, 1.54) is 13.0 Å². The Morgan fingerprint density at radius 3 is 2.50 bits per heavy atom. The van der Waals surface area contributed by atoms with Crippen molar-refractivity contribution in [2.45, 2.75) is 33.7 Å². The van der Waals surface area contributed by atoms with Gasteiger partial charge in [0.1, 0.15) is 6.61 Å². The normalized spacial score (nSPS) is 12.9. The molecule has 3 nitrogen and oxygen atoms in total. The van der Waals surface area contributed by atoms with Crippen LogP contribution in [0.4, 0.5) is 4.39 Å². The van der Waals surface area contributed by atoms with Crippen LogP contribution < -0.4 is 10.1 Å². The Kier molecular flexibility index (Phi) is 4.70. The van der Waals surface area contributed by atoms with Crippen LogP contribution >= 0.6 is 0 Å². The summed E-state index contributed by atoms with van der Waals surface area (Å²) in [5.41, 5.74) is -0.156. The fourth-order valence-electron chi connectivity index (χ4n) is 1.49. The number of nitrogens with one attached hydrogen (secondary N) is 1. The third-order valence-electron chi connectivity index (χ3n) is 2.67. The highest BCUT2D eigenvalue weighted by Crippen LogP contribution is 2.22. The summed E-state index contributed by atoms with van der Waals surface area (Å²) in [5.74, 6) is -0.308. The fourth-order valence-corrected chi connectivity index (χ4v) is 1.49. The molecule has 0 bridgehead atoms. The Balaban J connectivity index is 2.68. The summed E-state index contributed by atoms with van der Waals surface area (Å²) >= 11 is 0. The number of ether oxygens (including phenoxy) is 1. The largest absolute Gasteiger partial charge is 0.488 e. The number of hydrogen-bond donors (Lipinski definition) is 1. The number of carbonyl (C=O) groups excluding carboxylic acids is 1. The first-order valence-electron chi connectivity index (χ1n) is 5.95. The van der Waals surface area contributed by atoms with E-state index in [4.69, 9.17) is 4.74 Å². The third kappa shape index (κ3) is 4.35. The van der Waals surface area contributed by atoms with Gasteiger partial charge in [-0.2, -0.15) is 0 Å². The Morgan fingerprint density at radius 1 is 1.39 bits per heavy atom. The molecule has 1 aromatic carbocycles. The summed E-state index contributed by atoms with van der Waals surface area (Å²) < 4.78 is 18.8. The first kappa shape index (κ1) is 14.5.